The Morgan fingerprint density at radius 2 is 1.64 bits per heavy atom. The van der Waals surface area contributed by atoms with Gasteiger partial charge in [0, 0.05) is 23.5 Å². The SMILES string of the molecule is COc1cc(CCC=O)c(OCc2ccccc2)c2c1C[C@H]1C[C@H]3[C@H](N(C)C)c4onc(OCc5ccccc5)c4C(=O)[C@@]3(O)C(=O)C1=C2O. The molecule has 4 aromatic rings. The summed E-state index contributed by atoms with van der Waals surface area (Å²) in [5.41, 5.74) is 0.531. The van der Waals surface area contributed by atoms with Crippen LogP contribution in [0.25, 0.3) is 5.76 Å². The maximum Gasteiger partial charge on any atom is 0.265 e. The summed E-state index contributed by atoms with van der Waals surface area (Å²) in [6, 6.07) is 19.9. The monoisotopic (exact) mass is 678 g/mol. The van der Waals surface area contributed by atoms with Gasteiger partial charge in [-0.3, -0.25) is 14.5 Å². The molecule has 3 aliphatic carbocycles. The first-order chi connectivity index (χ1) is 24.2. The number of ketones is 2. The molecule has 0 unspecified atom stereocenters. The van der Waals surface area contributed by atoms with Crippen molar-refractivity contribution >= 4 is 23.6 Å². The number of aliphatic hydroxyl groups is 2. The smallest absolute Gasteiger partial charge is 0.265 e. The molecule has 0 amide bonds. The zero-order chi connectivity index (χ0) is 35.2. The lowest BCUT2D eigenvalue weighted by molar-refractivity contribution is -0.142. The molecule has 1 aromatic heterocycles. The number of methoxy groups -OCH3 is 1. The summed E-state index contributed by atoms with van der Waals surface area (Å²) in [5, 5.41) is 28.6. The van der Waals surface area contributed by atoms with E-state index in [-0.39, 0.29) is 66.6 Å². The summed E-state index contributed by atoms with van der Waals surface area (Å²) in [5.74, 6) is -2.74. The minimum Gasteiger partial charge on any atom is -0.507 e. The molecule has 0 bridgehead atoms. The van der Waals surface area contributed by atoms with Crippen molar-refractivity contribution in [3.63, 3.8) is 0 Å². The molecule has 1 heterocycles. The van der Waals surface area contributed by atoms with Crippen LogP contribution >= 0.6 is 0 Å². The number of rotatable bonds is 11. The van der Waals surface area contributed by atoms with Crippen molar-refractivity contribution in [3.05, 3.63) is 111 Å². The maximum absolute atomic E-state index is 14.7. The number of aryl methyl sites for hydroxylation is 1. The largest absolute Gasteiger partial charge is 0.507 e. The average molecular weight is 679 g/mol. The second-order valence-electron chi connectivity index (χ2n) is 13.2. The molecule has 7 rings (SSSR count). The Balaban J connectivity index is 1.34. The third-order valence-electron chi connectivity index (χ3n) is 10.1. The Kier molecular flexibility index (Phi) is 8.79. The topological polar surface area (TPSA) is 149 Å². The number of hydrogen-bond acceptors (Lipinski definition) is 11. The summed E-state index contributed by atoms with van der Waals surface area (Å²) in [4.78, 5) is 42.4. The van der Waals surface area contributed by atoms with Gasteiger partial charge in [0.05, 0.1) is 18.7 Å². The van der Waals surface area contributed by atoms with Crippen LogP contribution in [0.15, 0.2) is 76.8 Å². The lowest BCUT2D eigenvalue weighted by Gasteiger charge is -2.49. The lowest BCUT2D eigenvalue weighted by Crippen LogP contribution is -2.63. The Morgan fingerprint density at radius 3 is 2.26 bits per heavy atom. The number of Topliss-reactive ketones (excluding diaryl/α,β-unsaturated/α-hetero) is 2. The van der Waals surface area contributed by atoms with Crippen LogP contribution in [0.3, 0.4) is 0 Å². The fourth-order valence-electron chi connectivity index (χ4n) is 7.80. The van der Waals surface area contributed by atoms with Crippen LogP contribution in [0.4, 0.5) is 0 Å². The molecule has 258 valence electrons. The highest BCUT2D eigenvalue weighted by molar-refractivity contribution is 6.26. The maximum atomic E-state index is 14.7. The Labute approximate surface area is 289 Å². The van der Waals surface area contributed by atoms with Crippen LogP contribution in [0.2, 0.25) is 0 Å². The number of aromatic nitrogens is 1. The second-order valence-corrected chi connectivity index (χ2v) is 13.2. The van der Waals surface area contributed by atoms with Gasteiger partial charge in [-0.1, -0.05) is 60.7 Å². The van der Waals surface area contributed by atoms with Gasteiger partial charge in [0.25, 0.3) is 5.88 Å². The van der Waals surface area contributed by atoms with Gasteiger partial charge < -0.3 is 33.7 Å². The number of carbonyl (C=O) groups excluding carboxylic acids is 3. The Hall–Kier alpha value is -5.26. The van der Waals surface area contributed by atoms with Gasteiger partial charge in [0.1, 0.15) is 42.3 Å². The molecule has 0 spiro atoms. The summed E-state index contributed by atoms with van der Waals surface area (Å²) >= 11 is 0. The quantitative estimate of drug-likeness (QED) is 0.159. The van der Waals surface area contributed by atoms with E-state index < -0.39 is 35.0 Å². The molecule has 0 radical (unpaired) electrons. The number of benzene rings is 3. The number of ether oxygens (including phenoxy) is 3. The fraction of sp³-hybridized carbons (Fsp3) is 0.333. The van der Waals surface area contributed by atoms with Crippen molar-refractivity contribution in [2.45, 2.75) is 50.5 Å². The first-order valence-corrected chi connectivity index (χ1v) is 16.6. The lowest BCUT2D eigenvalue weighted by atomic mass is 9.57. The van der Waals surface area contributed by atoms with Gasteiger partial charge in [-0.25, -0.2) is 0 Å². The number of fused-ring (bicyclic) bond motifs is 4. The third-order valence-corrected chi connectivity index (χ3v) is 10.1. The summed E-state index contributed by atoms with van der Waals surface area (Å²) in [7, 11) is 5.08. The molecule has 50 heavy (non-hydrogen) atoms. The molecule has 3 aliphatic rings. The minimum absolute atomic E-state index is 0.0482. The van der Waals surface area contributed by atoms with E-state index in [9.17, 15) is 24.6 Å². The van der Waals surface area contributed by atoms with E-state index in [0.717, 1.165) is 17.4 Å². The molecule has 4 atom stereocenters. The minimum atomic E-state index is -2.54. The number of hydrogen-bond donors (Lipinski definition) is 2. The van der Waals surface area contributed by atoms with Crippen LogP contribution < -0.4 is 14.2 Å². The number of aliphatic hydroxyl groups excluding tert-OH is 1. The van der Waals surface area contributed by atoms with Gasteiger partial charge >= 0.3 is 0 Å². The van der Waals surface area contributed by atoms with Gasteiger partial charge in [-0.05, 0) is 67.2 Å². The molecule has 3 aromatic carbocycles. The fourth-order valence-corrected chi connectivity index (χ4v) is 7.80. The summed E-state index contributed by atoms with van der Waals surface area (Å²) in [6.45, 7) is 0.241. The van der Waals surface area contributed by atoms with E-state index in [1.165, 1.54) is 7.11 Å². The highest BCUT2D eigenvalue weighted by atomic mass is 16.5. The number of nitrogens with zero attached hydrogens (tertiary/aromatic N) is 2. The van der Waals surface area contributed by atoms with Crippen molar-refractivity contribution < 1.29 is 43.3 Å². The second kappa shape index (κ2) is 13.2. The first kappa shape index (κ1) is 33.2. The highest BCUT2D eigenvalue weighted by Crippen LogP contribution is 2.57. The normalized spacial score (nSPS) is 22.4. The van der Waals surface area contributed by atoms with E-state index in [4.69, 9.17) is 18.7 Å². The van der Waals surface area contributed by atoms with Gasteiger partial charge in [0.2, 0.25) is 11.6 Å². The van der Waals surface area contributed by atoms with Gasteiger partial charge in [-0.2, -0.15) is 0 Å². The van der Waals surface area contributed by atoms with Crippen molar-refractivity contribution in [1.82, 2.24) is 10.1 Å². The molecule has 0 aliphatic heterocycles. The van der Waals surface area contributed by atoms with Crippen LogP contribution in [0, 0.1) is 11.8 Å². The van der Waals surface area contributed by atoms with E-state index in [1.807, 2.05) is 66.7 Å². The number of carbonyl (C=O) groups is 3. The standard InChI is InChI=1S/C39H38N2O9/c1-41(2)32-27-18-25-17-26-28(47-3)19-24(15-10-16-42)34(48-20-22-11-6-4-7-12-22)30(26)33(43)29(25)36(44)39(27,46)37(45)31-35(32)50-40-38(31)49-21-23-13-8-5-9-14-23/h4-9,11-14,16,19,25,27,32,43,46H,10,15,17-18,20-21H2,1-3H3/t25-,27-,32-,39-/m0/s1. The number of aldehydes is 1. The van der Waals surface area contributed by atoms with Crippen LogP contribution in [0.5, 0.6) is 17.4 Å². The van der Waals surface area contributed by atoms with Gasteiger partial charge in [0.15, 0.2) is 11.4 Å². The molecule has 11 heteroatoms. The van der Waals surface area contributed by atoms with Crippen LogP contribution in [-0.2, 0) is 35.6 Å². The van der Waals surface area contributed by atoms with E-state index in [0.29, 0.717) is 29.0 Å². The molecular formula is C39H38N2O9. The molecule has 1 saturated carbocycles. The van der Waals surface area contributed by atoms with Crippen molar-refractivity contribution in [2.75, 3.05) is 21.2 Å². The average Bonchev–Trinajstić information content (AvgIpc) is 3.54. The van der Waals surface area contributed by atoms with Crippen LogP contribution in [-0.4, -0.2) is 64.9 Å². The molecule has 0 saturated heterocycles. The van der Waals surface area contributed by atoms with E-state index >= 15 is 0 Å². The molecule has 2 N–H and O–H groups in total. The first-order valence-electron chi connectivity index (χ1n) is 16.6. The zero-order valence-corrected chi connectivity index (χ0v) is 28.0. The Bertz CT molecular complexity index is 1990. The predicted molar refractivity (Wildman–Crippen MR) is 181 cm³/mol. The van der Waals surface area contributed by atoms with Crippen LogP contribution in [0.1, 0.15) is 62.8 Å². The van der Waals surface area contributed by atoms with E-state index in [2.05, 4.69) is 5.16 Å². The summed E-state index contributed by atoms with van der Waals surface area (Å²) in [6.07, 6.45) is 1.74. The molecular weight excluding hydrogens is 640 g/mol. The summed E-state index contributed by atoms with van der Waals surface area (Å²) < 4.78 is 23.8. The highest BCUT2D eigenvalue weighted by Gasteiger charge is 2.65. The molecule has 11 nitrogen and oxygen atoms in total. The van der Waals surface area contributed by atoms with Crippen molar-refractivity contribution in [2.24, 2.45) is 11.8 Å². The zero-order valence-electron chi connectivity index (χ0n) is 28.0. The van der Waals surface area contributed by atoms with Gasteiger partial charge in [-0.15, -0.1) is 0 Å². The third kappa shape index (κ3) is 5.37. The van der Waals surface area contributed by atoms with E-state index in [1.54, 1.807) is 19.0 Å². The Morgan fingerprint density at radius 1 is 0.980 bits per heavy atom. The molecule has 1 fully saturated rings. The van der Waals surface area contributed by atoms with Crippen molar-refractivity contribution in [1.29, 1.82) is 0 Å². The predicted octanol–water partition coefficient (Wildman–Crippen LogP) is 5.23. The van der Waals surface area contributed by atoms with Crippen molar-refractivity contribution in [3.8, 4) is 17.4 Å².